The smallest absolute Gasteiger partial charge is 0.341 e. The van der Waals surface area contributed by atoms with Gasteiger partial charge in [-0.15, -0.1) is 0 Å². The SMILES string of the molecule is COC(=O)c1cc(N)cnc1NCc1ccnc(OC)c1. The highest BCUT2D eigenvalue weighted by atomic mass is 16.5. The highest BCUT2D eigenvalue weighted by Crippen LogP contribution is 2.18. The van der Waals surface area contributed by atoms with Gasteiger partial charge >= 0.3 is 5.97 Å². The van der Waals surface area contributed by atoms with E-state index in [0.29, 0.717) is 29.5 Å². The van der Waals surface area contributed by atoms with E-state index < -0.39 is 5.97 Å². The van der Waals surface area contributed by atoms with Crippen molar-refractivity contribution in [1.29, 1.82) is 0 Å². The van der Waals surface area contributed by atoms with Crippen LogP contribution in [0.4, 0.5) is 11.5 Å². The van der Waals surface area contributed by atoms with E-state index in [0.717, 1.165) is 5.56 Å². The Bertz CT molecular complexity index is 646. The lowest BCUT2D eigenvalue weighted by Crippen LogP contribution is -2.11. The quantitative estimate of drug-likeness (QED) is 0.803. The predicted octanol–water partition coefficient (Wildman–Crippen LogP) is 1.47. The number of ether oxygens (including phenoxy) is 2. The number of carbonyl (C=O) groups excluding carboxylic acids is 1. The molecule has 2 aromatic rings. The molecule has 0 aliphatic heterocycles. The Balaban J connectivity index is 2.17. The summed E-state index contributed by atoms with van der Waals surface area (Å²) in [6.07, 6.45) is 3.12. The van der Waals surface area contributed by atoms with Crippen molar-refractivity contribution in [2.24, 2.45) is 0 Å². The van der Waals surface area contributed by atoms with Crippen LogP contribution < -0.4 is 15.8 Å². The molecule has 2 aromatic heterocycles. The summed E-state index contributed by atoms with van der Waals surface area (Å²) in [5, 5.41) is 3.07. The Morgan fingerprint density at radius 1 is 1.33 bits per heavy atom. The molecular weight excluding hydrogens is 272 g/mol. The number of esters is 1. The summed E-state index contributed by atoms with van der Waals surface area (Å²) in [5.41, 5.74) is 7.27. The third-order valence-electron chi connectivity index (χ3n) is 2.78. The molecule has 0 fully saturated rings. The van der Waals surface area contributed by atoms with Crippen molar-refractivity contribution in [2.75, 3.05) is 25.3 Å². The number of rotatable bonds is 5. The Morgan fingerprint density at radius 3 is 2.86 bits per heavy atom. The number of nitrogens with two attached hydrogens (primary N) is 1. The fourth-order valence-corrected chi connectivity index (χ4v) is 1.75. The fourth-order valence-electron chi connectivity index (χ4n) is 1.75. The number of anilines is 2. The molecule has 0 saturated carbocycles. The van der Waals surface area contributed by atoms with Gasteiger partial charge in [0, 0.05) is 18.8 Å². The van der Waals surface area contributed by atoms with E-state index >= 15 is 0 Å². The van der Waals surface area contributed by atoms with Crippen LogP contribution in [0.3, 0.4) is 0 Å². The maximum atomic E-state index is 11.7. The molecule has 0 amide bonds. The Kier molecular flexibility index (Phi) is 4.55. The summed E-state index contributed by atoms with van der Waals surface area (Å²) in [6.45, 7) is 0.458. The molecule has 3 N–H and O–H groups in total. The highest BCUT2D eigenvalue weighted by molar-refractivity contribution is 5.95. The first-order chi connectivity index (χ1) is 10.1. The maximum Gasteiger partial charge on any atom is 0.341 e. The largest absolute Gasteiger partial charge is 0.481 e. The standard InChI is InChI=1S/C14H16N4O3/c1-20-12-5-9(3-4-16-12)7-17-13-11(14(19)21-2)6-10(15)8-18-13/h3-6,8H,7,15H2,1-2H3,(H,17,18). The maximum absolute atomic E-state index is 11.7. The number of nitrogens with one attached hydrogen (secondary N) is 1. The average molecular weight is 288 g/mol. The van der Waals surface area contributed by atoms with Crippen LogP contribution in [-0.2, 0) is 11.3 Å². The van der Waals surface area contributed by atoms with Gasteiger partial charge in [0.25, 0.3) is 0 Å². The van der Waals surface area contributed by atoms with Crippen LogP contribution >= 0.6 is 0 Å². The van der Waals surface area contributed by atoms with Crippen LogP contribution in [0.5, 0.6) is 5.88 Å². The summed E-state index contributed by atoms with van der Waals surface area (Å²) in [6, 6.07) is 5.15. The van der Waals surface area contributed by atoms with Crippen molar-refractivity contribution < 1.29 is 14.3 Å². The van der Waals surface area contributed by atoms with Crippen LogP contribution in [-0.4, -0.2) is 30.2 Å². The second-order valence-corrected chi connectivity index (χ2v) is 4.22. The van der Waals surface area contributed by atoms with Crippen molar-refractivity contribution in [3.05, 3.63) is 41.7 Å². The molecule has 2 rings (SSSR count). The van der Waals surface area contributed by atoms with Gasteiger partial charge in [-0.2, -0.15) is 0 Å². The zero-order valence-corrected chi connectivity index (χ0v) is 11.8. The molecule has 0 atom stereocenters. The van der Waals surface area contributed by atoms with E-state index in [1.807, 2.05) is 6.07 Å². The number of aromatic nitrogens is 2. The van der Waals surface area contributed by atoms with Gasteiger partial charge in [0.2, 0.25) is 5.88 Å². The van der Waals surface area contributed by atoms with E-state index in [2.05, 4.69) is 15.3 Å². The number of carbonyl (C=O) groups is 1. The van der Waals surface area contributed by atoms with Gasteiger partial charge < -0.3 is 20.5 Å². The molecule has 7 heteroatoms. The van der Waals surface area contributed by atoms with Crippen molar-refractivity contribution >= 4 is 17.5 Å². The molecule has 110 valence electrons. The van der Waals surface area contributed by atoms with Gasteiger partial charge in [0.05, 0.1) is 26.1 Å². The number of pyridine rings is 2. The number of nitrogens with zero attached hydrogens (tertiary/aromatic N) is 2. The van der Waals surface area contributed by atoms with Gasteiger partial charge in [0.15, 0.2) is 0 Å². The zero-order valence-electron chi connectivity index (χ0n) is 11.8. The minimum Gasteiger partial charge on any atom is -0.481 e. The van der Waals surface area contributed by atoms with Crippen LogP contribution in [0.15, 0.2) is 30.6 Å². The van der Waals surface area contributed by atoms with Gasteiger partial charge in [-0.3, -0.25) is 0 Å². The summed E-state index contributed by atoms with van der Waals surface area (Å²) in [7, 11) is 2.86. The molecular formula is C14H16N4O3. The van der Waals surface area contributed by atoms with Gasteiger partial charge in [-0.25, -0.2) is 14.8 Å². The van der Waals surface area contributed by atoms with E-state index in [9.17, 15) is 4.79 Å². The molecule has 7 nitrogen and oxygen atoms in total. The first-order valence-corrected chi connectivity index (χ1v) is 6.20. The Labute approximate surface area is 122 Å². The van der Waals surface area contributed by atoms with Crippen molar-refractivity contribution in [3.63, 3.8) is 0 Å². The Morgan fingerprint density at radius 2 is 2.14 bits per heavy atom. The van der Waals surface area contributed by atoms with Crippen molar-refractivity contribution in [1.82, 2.24) is 9.97 Å². The van der Waals surface area contributed by atoms with E-state index in [1.54, 1.807) is 19.4 Å². The zero-order chi connectivity index (χ0) is 15.2. The summed E-state index contributed by atoms with van der Waals surface area (Å²) in [5.74, 6) is 0.434. The molecule has 0 aliphatic carbocycles. The number of hydrogen-bond donors (Lipinski definition) is 2. The molecule has 0 saturated heterocycles. The normalized spacial score (nSPS) is 10.0. The number of methoxy groups -OCH3 is 2. The minimum atomic E-state index is -0.496. The Hall–Kier alpha value is -2.83. The molecule has 0 spiro atoms. The van der Waals surface area contributed by atoms with Crippen LogP contribution in [0, 0.1) is 0 Å². The first-order valence-electron chi connectivity index (χ1n) is 6.20. The summed E-state index contributed by atoms with van der Waals surface area (Å²) in [4.78, 5) is 19.9. The first kappa shape index (κ1) is 14.6. The van der Waals surface area contributed by atoms with Crippen LogP contribution in [0.1, 0.15) is 15.9 Å². The molecule has 0 radical (unpaired) electrons. The highest BCUT2D eigenvalue weighted by Gasteiger charge is 2.13. The lowest BCUT2D eigenvalue weighted by Gasteiger charge is -2.10. The van der Waals surface area contributed by atoms with Gasteiger partial charge in [-0.05, 0) is 17.7 Å². The van der Waals surface area contributed by atoms with Gasteiger partial charge in [0.1, 0.15) is 11.4 Å². The molecule has 21 heavy (non-hydrogen) atoms. The van der Waals surface area contributed by atoms with Crippen LogP contribution in [0.25, 0.3) is 0 Å². The van der Waals surface area contributed by atoms with Gasteiger partial charge in [-0.1, -0.05) is 0 Å². The predicted molar refractivity (Wildman–Crippen MR) is 78.1 cm³/mol. The van der Waals surface area contributed by atoms with Crippen LogP contribution in [0.2, 0.25) is 0 Å². The molecule has 2 heterocycles. The third-order valence-corrected chi connectivity index (χ3v) is 2.78. The summed E-state index contributed by atoms with van der Waals surface area (Å²) >= 11 is 0. The lowest BCUT2D eigenvalue weighted by atomic mass is 10.2. The van der Waals surface area contributed by atoms with Crippen molar-refractivity contribution in [2.45, 2.75) is 6.54 Å². The number of hydrogen-bond acceptors (Lipinski definition) is 7. The second kappa shape index (κ2) is 6.56. The monoisotopic (exact) mass is 288 g/mol. The van der Waals surface area contributed by atoms with Crippen molar-refractivity contribution in [3.8, 4) is 5.88 Å². The van der Waals surface area contributed by atoms with E-state index in [4.69, 9.17) is 15.2 Å². The van der Waals surface area contributed by atoms with E-state index in [-0.39, 0.29) is 0 Å². The van der Waals surface area contributed by atoms with E-state index in [1.165, 1.54) is 19.4 Å². The summed E-state index contributed by atoms with van der Waals surface area (Å²) < 4.78 is 9.77. The topological polar surface area (TPSA) is 99.4 Å². The number of nitrogen functional groups attached to an aromatic ring is 1. The third kappa shape index (κ3) is 3.59. The fraction of sp³-hybridized carbons (Fsp3) is 0.214. The minimum absolute atomic E-state index is 0.290. The lowest BCUT2D eigenvalue weighted by molar-refractivity contribution is 0.0601. The average Bonchev–Trinajstić information content (AvgIpc) is 2.53. The molecule has 0 bridgehead atoms. The second-order valence-electron chi connectivity index (χ2n) is 4.22. The molecule has 0 unspecified atom stereocenters. The molecule has 0 aromatic carbocycles. The molecule has 0 aliphatic rings.